The molecule has 2 aromatic carbocycles. The van der Waals surface area contributed by atoms with Crippen LogP contribution in [0.2, 0.25) is 5.02 Å². The number of methoxy groups -OCH3 is 1. The molecule has 0 saturated carbocycles. The monoisotopic (exact) mass is 458 g/mol. The lowest BCUT2D eigenvalue weighted by atomic mass is 10.0. The number of nitrogens with zero attached hydrogens (tertiary/aromatic N) is 1. The number of anilines is 1. The molecule has 2 aromatic rings. The fourth-order valence-corrected chi connectivity index (χ4v) is 3.45. The van der Waals surface area contributed by atoms with E-state index in [9.17, 15) is 19.5 Å². The van der Waals surface area contributed by atoms with Crippen LogP contribution in [0.1, 0.15) is 22.8 Å². The van der Waals surface area contributed by atoms with Gasteiger partial charge in [-0.1, -0.05) is 11.6 Å². The highest BCUT2D eigenvalue weighted by atomic mass is 35.5. The fourth-order valence-electron chi connectivity index (χ4n) is 3.28. The zero-order valence-electron chi connectivity index (χ0n) is 17.7. The fraction of sp³-hybridized carbons (Fsp3) is 0.261. The van der Waals surface area contributed by atoms with Crippen LogP contribution in [0.3, 0.4) is 0 Å². The molecule has 0 aromatic heterocycles. The number of hydrogen-bond acceptors (Lipinski definition) is 7. The molecule has 32 heavy (non-hydrogen) atoms. The molecule has 0 unspecified atom stereocenters. The van der Waals surface area contributed by atoms with Gasteiger partial charge in [-0.15, -0.1) is 0 Å². The number of nitrogens with one attached hydrogen (secondary N) is 1. The Labute approximate surface area is 190 Å². The number of ether oxygens (including phenoxy) is 2. The van der Waals surface area contributed by atoms with E-state index in [2.05, 4.69) is 5.32 Å². The van der Waals surface area contributed by atoms with E-state index in [1.807, 2.05) is 6.92 Å². The number of aliphatic hydroxyl groups excluding tert-OH is 1. The van der Waals surface area contributed by atoms with E-state index in [0.29, 0.717) is 29.2 Å². The lowest BCUT2D eigenvalue weighted by Crippen LogP contribution is -2.31. The number of carbonyl (C=O) groups excluding carboxylic acids is 3. The predicted octanol–water partition coefficient (Wildman–Crippen LogP) is 2.64. The van der Waals surface area contributed by atoms with Crippen molar-refractivity contribution < 1.29 is 29.0 Å². The molecule has 2 N–H and O–H groups in total. The van der Waals surface area contributed by atoms with Crippen molar-refractivity contribution in [2.24, 2.45) is 0 Å². The summed E-state index contributed by atoms with van der Waals surface area (Å²) < 4.78 is 10.2. The summed E-state index contributed by atoms with van der Waals surface area (Å²) in [4.78, 5) is 39.2. The number of amides is 1. The Kier molecular flexibility index (Phi) is 7.50. The second kappa shape index (κ2) is 10.3. The molecule has 3 rings (SSSR count). The normalized spacial score (nSPS) is 13.4. The highest BCUT2D eigenvalue weighted by Gasteiger charge is 2.34. The van der Waals surface area contributed by atoms with E-state index in [4.69, 9.17) is 21.1 Å². The zero-order chi connectivity index (χ0) is 23.3. The summed E-state index contributed by atoms with van der Waals surface area (Å²) in [5.41, 5.74) is 1.21. The lowest BCUT2D eigenvalue weighted by Gasteiger charge is -2.15. The smallest absolute Gasteiger partial charge is 0.337 e. The summed E-state index contributed by atoms with van der Waals surface area (Å²) in [6.07, 6.45) is 0. The first-order valence-electron chi connectivity index (χ1n) is 9.95. The maximum absolute atomic E-state index is 12.9. The second-order valence-corrected chi connectivity index (χ2v) is 7.31. The average Bonchev–Trinajstić information content (AvgIpc) is 3.10. The van der Waals surface area contributed by atoms with E-state index < -0.39 is 11.9 Å². The quantitative estimate of drug-likeness (QED) is 0.439. The van der Waals surface area contributed by atoms with Crippen molar-refractivity contribution >= 4 is 34.9 Å². The van der Waals surface area contributed by atoms with Crippen molar-refractivity contribution in [2.75, 3.05) is 38.7 Å². The molecule has 9 heteroatoms. The van der Waals surface area contributed by atoms with Gasteiger partial charge in [-0.3, -0.25) is 9.59 Å². The third kappa shape index (κ3) is 4.92. The molecule has 0 fully saturated rings. The average molecular weight is 459 g/mol. The number of rotatable bonds is 9. The number of ketones is 1. The van der Waals surface area contributed by atoms with E-state index in [1.165, 1.54) is 24.1 Å². The van der Waals surface area contributed by atoms with Crippen LogP contribution in [0.4, 0.5) is 5.69 Å². The first-order valence-corrected chi connectivity index (χ1v) is 10.3. The molecule has 0 spiro atoms. The number of β-amino-alcohol motifs (C(OH)–C–C–N with tert-alkyl or cyclic N) is 1. The molecule has 168 valence electrons. The standard InChI is InChI=1S/C23H23ClN2O6/c1-3-32-16-7-4-14(5-8-16)21(28)15-6-9-18(24)19(12-15)25-20-17(23(30)31-2)13-26(10-11-27)22(20)29/h4-9,12,25,27H,3,10-11,13H2,1-2H3. The van der Waals surface area contributed by atoms with E-state index in [1.54, 1.807) is 30.3 Å². The van der Waals surface area contributed by atoms with Crippen molar-refractivity contribution in [3.05, 3.63) is 69.9 Å². The van der Waals surface area contributed by atoms with Crippen molar-refractivity contribution in [3.8, 4) is 5.75 Å². The first-order chi connectivity index (χ1) is 15.4. The molecule has 1 amide bonds. The lowest BCUT2D eigenvalue weighted by molar-refractivity contribution is -0.136. The second-order valence-electron chi connectivity index (χ2n) is 6.90. The molecule has 8 nitrogen and oxygen atoms in total. The maximum atomic E-state index is 12.9. The third-order valence-electron chi connectivity index (χ3n) is 4.87. The minimum atomic E-state index is -0.668. The van der Waals surface area contributed by atoms with Gasteiger partial charge in [0.05, 0.1) is 43.2 Å². The summed E-state index contributed by atoms with van der Waals surface area (Å²) in [5, 5.41) is 12.3. The van der Waals surface area contributed by atoms with Crippen molar-refractivity contribution in [3.63, 3.8) is 0 Å². The van der Waals surface area contributed by atoms with Crippen LogP contribution >= 0.6 is 11.6 Å². The number of benzene rings is 2. The third-order valence-corrected chi connectivity index (χ3v) is 5.20. The van der Waals surface area contributed by atoms with Gasteiger partial charge in [0.25, 0.3) is 5.91 Å². The topological polar surface area (TPSA) is 105 Å². The minimum Gasteiger partial charge on any atom is -0.494 e. The highest BCUT2D eigenvalue weighted by molar-refractivity contribution is 6.33. The van der Waals surface area contributed by atoms with Gasteiger partial charge in [0, 0.05) is 17.7 Å². The molecular formula is C23H23ClN2O6. The molecule has 0 atom stereocenters. The van der Waals surface area contributed by atoms with Crippen molar-refractivity contribution in [1.82, 2.24) is 4.90 Å². The van der Waals surface area contributed by atoms with Gasteiger partial charge in [-0.25, -0.2) is 4.79 Å². The summed E-state index contributed by atoms with van der Waals surface area (Å²) in [7, 11) is 1.22. The van der Waals surface area contributed by atoms with E-state index in [-0.39, 0.29) is 41.8 Å². The van der Waals surface area contributed by atoms with Crippen molar-refractivity contribution in [2.45, 2.75) is 6.92 Å². The van der Waals surface area contributed by atoms with Crippen LogP contribution in [0, 0.1) is 0 Å². The van der Waals surface area contributed by atoms with Crippen LogP contribution in [0.25, 0.3) is 0 Å². The SMILES string of the molecule is CCOc1ccc(C(=O)c2ccc(Cl)c(NC3=C(C(=O)OC)CN(CCO)C3=O)c2)cc1. The zero-order valence-corrected chi connectivity index (χ0v) is 18.4. The number of hydrogen-bond donors (Lipinski definition) is 2. The molecule has 0 aliphatic carbocycles. The van der Waals surface area contributed by atoms with Gasteiger partial charge in [-0.05, 0) is 49.4 Å². The number of esters is 1. The maximum Gasteiger partial charge on any atom is 0.337 e. The Morgan fingerprint density at radius 1 is 1.16 bits per heavy atom. The Morgan fingerprint density at radius 3 is 2.47 bits per heavy atom. The summed E-state index contributed by atoms with van der Waals surface area (Å²) >= 11 is 6.29. The Bertz CT molecular complexity index is 1060. The van der Waals surface area contributed by atoms with Crippen LogP contribution in [-0.4, -0.2) is 61.1 Å². The summed E-state index contributed by atoms with van der Waals surface area (Å²) in [6, 6.07) is 11.4. The van der Waals surface area contributed by atoms with Gasteiger partial charge in [-0.2, -0.15) is 0 Å². The van der Waals surface area contributed by atoms with Crippen LogP contribution in [0.15, 0.2) is 53.7 Å². The van der Waals surface area contributed by atoms with E-state index >= 15 is 0 Å². The molecule has 0 bridgehead atoms. The molecule has 1 aliphatic heterocycles. The predicted molar refractivity (Wildman–Crippen MR) is 119 cm³/mol. The van der Waals surface area contributed by atoms with Gasteiger partial charge in [0.15, 0.2) is 5.78 Å². The van der Waals surface area contributed by atoms with Crippen LogP contribution < -0.4 is 10.1 Å². The van der Waals surface area contributed by atoms with Gasteiger partial charge < -0.3 is 24.8 Å². The summed E-state index contributed by atoms with van der Waals surface area (Å²) in [5.74, 6) is -0.718. The van der Waals surface area contributed by atoms with Gasteiger partial charge in [0.2, 0.25) is 0 Å². The number of aliphatic hydroxyl groups is 1. The Balaban J connectivity index is 1.90. The minimum absolute atomic E-state index is 0.00198. The highest BCUT2D eigenvalue weighted by Crippen LogP contribution is 2.29. The molecule has 0 radical (unpaired) electrons. The number of carbonyl (C=O) groups is 3. The van der Waals surface area contributed by atoms with E-state index in [0.717, 1.165) is 0 Å². The van der Waals surface area contributed by atoms with Gasteiger partial charge >= 0.3 is 5.97 Å². The first kappa shape index (κ1) is 23.3. The van der Waals surface area contributed by atoms with Crippen LogP contribution in [-0.2, 0) is 14.3 Å². The molecule has 1 aliphatic rings. The Morgan fingerprint density at radius 2 is 1.84 bits per heavy atom. The largest absolute Gasteiger partial charge is 0.494 e. The Hall–Kier alpha value is -3.36. The molecule has 0 saturated heterocycles. The van der Waals surface area contributed by atoms with Crippen LogP contribution in [0.5, 0.6) is 5.75 Å². The summed E-state index contributed by atoms with van der Waals surface area (Å²) in [6.45, 7) is 2.21. The number of halogens is 1. The molecular weight excluding hydrogens is 436 g/mol. The molecule has 1 heterocycles. The van der Waals surface area contributed by atoms with Gasteiger partial charge in [0.1, 0.15) is 11.4 Å². The van der Waals surface area contributed by atoms with Crippen molar-refractivity contribution in [1.29, 1.82) is 0 Å².